The molecule has 5 aliphatic carbocycles. The van der Waals surface area contributed by atoms with E-state index in [4.69, 9.17) is 22.1 Å². The number of allylic oxidation sites excluding steroid dienone is 5. The largest absolute Gasteiger partial charge is 0.685 e. The van der Waals surface area contributed by atoms with E-state index in [0.29, 0.717) is 59.6 Å². The zero-order chi connectivity index (χ0) is 32.2. The first-order valence-electron chi connectivity index (χ1n) is 19.5. The number of rotatable bonds is 5. The Kier molecular flexibility index (Phi) is 12.1. The van der Waals surface area contributed by atoms with Crippen LogP contribution in [-0.4, -0.2) is 30.2 Å². The monoisotopic (exact) mass is 678 g/mol. The van der Waals surface area contributed by atoms with Crippen molar-refractivity contribution in [3.05, 3.63) is 56.7 Å². The van der Waals surface area contributed by atoms with E-state index in [0.717, 1.165) is 30.1 Å². The van der Waals surface area contributed by atoms with Gasteiger partial charge in [-0.25, -0.2) is 0 Å². The van der Waals surface area contributed by atoms with Gasteiger partial charge < -0.3 is 22.1 Å². The van der Waals surface area contributed by atoms with Crippen molar-refractivity contribution >= 4 is 0 Å². The van der Waals surface area contributed by atoms with Crippen LogP contribution >= 0.6 is 0 Å². The van der Waals surface area contributed by atoms with Crippen molar-refractivity contribution in [2.75, 3.05) is 0 Å². The SMILES string of the molecule is CC1=CC(C)CC2CC3CC(C)[N-]C3=C(C3[N-]C(C)CC3C)C12.CCCC1CC2=CC(C)CC3CC(CCC)C([NH-])C(C1[NH-])C23.[Zn]. The molecule has 2 saturated carbocycles. The Morgan fingerprint density at radius 1 is 0.761 bits per heavy atom. The van der Waals surface area contributed by atoms with Gasteiger partial charge in [-0.1, -0.05) is 140 Å². The van der Waals surface area contributed by atoms with Crippen molar-refractivity contribution in [2.24, 2.45) is 65.1 Å². The smallest absolute Gasteiger partial charge is 0.000678 e. The van der Waals surface area contributed by atoms with Gasteiger partial charge in [0.25, 0.3) is 0 Å². The molecule has 0 amide bonds. The molecule has 2 saturated heterocycles. The molecule has 2 aliphatic heterocycles. The van der Waals surface area contributed by atoms with Gasteiger partial charge in [0.05, 0.1) is 0 Å². The second-order valence-electron chi connectivity index (χ2n) is 17.4. The van der Waals surface area contributed by atoms with Crippen molar-refractivity contribution in [1.82, 2.24) is 0 Å². The Morgan fingerprint density at radius 2 is 1.41 bits per heavy atom. The van der Waals surface area contributed by atoms with Crippen molar-refractivity contribution in [2.45, 2.75) is 156 Å². The summed E-state index contributed by atoms with van der Waals surface area (Å²) in [5.41, 5.74) is 24.2. The molecule has 5 heteroatoms. The van der Waals surface area contributed by atoms with Gasteiger partial charge in [-0.2, -0.15) is 5.70 Å². The predicted molar refractivity (Wildman–Crippen MR) is 192 cm³/mol. The van der Waals surface area contributed by atoms with Crippen LogP contribution in [0.2, 0.25) is 0 Å². The summed E-state index contributed by atoms with van der Waals surface area (Å²) < 4.78 is 0. The molecule has 16 atom stereocenters. The van der Waals surface area contributed by atoms with Crippen LogP contribution in [0.1, 0.15) is 126 Å². The van der Waals surface area contributed by atoms with E-state index in [2.05, 4.69) is 67.5 Å². The molecule has 7 rings (SSSR count). The number of nitrogens with zero attached hydrogens (tertiary/aromatic N) is 2. The summed E-state index contributed by atoms with van der Waals surface area (Å²) in [6.07, 6.45) is 18.8. The first-order chi connectivity index (χ1) is 21.5. The summed E-state index contributed by atoms with van der Waals surface area (Å²) in [6, 6.07) is 1.50. The second kappa shape index (κ2) is 15.2. The third-order valence-electron chi connectivity index (χ3n) is 13.6. The summed E-state index contributed by atoms with van der Waals surface area (Å²) in [6.45, 7) is 18.6. The maximum atomic E-state index is 8.89. The first-order valence-corrected chi connectivity index (χ1v) is 19.5. The van der Waals surface area contributed by atoms with Crippen molar-refractivity contribution in [3.8, 4) is 0 Å². The van der Waals surface area contributed by atoms with E-state index in [1.807, 2.05) is 0 Å². The quantitative estimate of drug-likeness (QED) is 0.205. The topological polar surface area (TPSA) is 75.8 Å². The van der Waals surface area contributed by atoms with Gasteiger partial charge in [0.1, 0.15) is 0 Å². The molecule has 4 fully saturated rings. The van der Waals surface area contributed by atoms with Crippen molar-refractivity contribution < 1.29 is 19.5 Å². The fourth-order valence-corrected chi connectivity index (χ4v) is 12.2. The van der Waals surface area contributed by atoms with Crippen LogP contribution in [0.3, 0.4) is 0 Å². The number of hydrogen-bond acceptors (Lipinski definition) is 0. The van der Waals surface area contributed by atoms with Crippen LogP contribution in [0, 0.1) is 65.1 Å². The number of hydrogen-bond donors (Lipinski definition) is 0. The molecule has 4 nitrogen and oxygen atoms in total. The summed E-state index contributed by atoms with van der Waals surface area (Å²) in [5.74, 6) is 7.06. The Balaban J connectivity index is 0.000000178. The third kappa shape index (κ3) is 7.07. The molecule has 0 aromatic rings. The Morgan fingerprint density at radius 3 is 2.09 bits per heavy atom. The van der Waals surface area contributed by atoms with Gasteiger partial charge >= 0.3 is 0 Å². The van der Waals surface area contributed by atoms with E-state index in [9.17, 15) is 0 Å². The molecule has 0 spiro atoms. The predicted octanol–water partition coefficient (Wildman–Crippen LogP) is 12.1. The third-order valence-corrected chi connectivity index (χ3v) is 13.6. The molecule has 7 aliphatic rings. The number of nitrogens with one attached hydrogen (secondary N) is 2. The summed E-state index contributed by atoms with van der Waals surface area (Å²) in [5, 5.41) is 10.3. The van der Waals surface area contributed by atoms with Gasteiger partial charge in [-0.3, -0.25) is 0 Å². The van der Waals surface area contributed by atoms with Crippen LogP contribution in [-0.2, 0) is 19.5 Å². The fourth-order valence-electron chi connectivity index (χ4n) is 12.2. The molecule has 2 heterocycles. The molecule has 0 aromatic heterocycles. The molecule has 0 radical (unpaired) electrons. The Labute approximate surface area is 296 Å². The molecule has 0 aromatic carbocycles. The van der Waals surface area contributed by atoms with E-state index < -0.39 is 0 Å². The van der Waals surface area contributed by atoms with E-state index >= 15 is 0 Å². The molecular weight excluding hydrogens is 614 g/mol. The van der Waals surface area contributed by atoms with E-state index in [1.165, 1.54) is 69.9 Å². The molecule has 16 unspecified atom stereocenters. The molecule has 46 heavy (non-hydrogen) atoms. The van der Waals surface area contributed by atoms with Crippen molar-refractivity contribution in [1.29, 1.82) is 0 Å². The van der Waals surface area contributed by atoms with Gasteiger partial charge in [0, 0.05) is 25.4 Å². The molecule has 256 valence electrons. The van der Waals surface area contributed by atoms with Gasteiger partial charge in [-0.15, -0.1) is 30.2 Å². The number of fused-ring (bicyclic) bond motifs is 2. The van der Waals surface area contributed by atoms with Gasteiger partial charge in [0.2, 0.25) is 0 Å². The van der Waals surface area contributed by atoms with Gasteiger partial charge in [0.15, 0.2) is 0 Å². The summed E-state index contributed by atoms with van der Waals surface area (Å²) in [7, 11) is 0. The molecule has 0 bridgehead atoms. The minimum Gasteiger partial charge on any atom is -0.685 e. The van der Waals surface area contributed by atoms with Crippen LogP contribution in [0.25, 0.3) is 22.1 Å². The second-order valence-corrected chi connectivity index (χ2v) is 17.4. The Bertz CT molecular complexity index is 1140. The maximum Gasteiger partial charge on any atom is 0.000678 e. The average molecular weight is 680 g/mol. The van der Waals surface area contributed by atoms with E-state index in [-0.39, 0.29) is 31.6 Å². The standard InChI is InChI=1S/C21H32N2.C20H34N2.Zn/c1-11-6-12(2)18-16(7-11)10-17-9-15(5)23-21(17)19(18)20-13(3)8-14(4)22-20;1-4-6-13-10-15-8-12(3)9-16-11-14(7-5-2)20(22)18(17(15)16)19(13)21;/h6,11,13-18,20H,7-10H2,1-5H3;8,12-14,16-22H,4-7,9-11H2,1-3H3;/q2*-2;. The summed E-state index contributed by atoms with van der Waals surface area (Å²) in [4.78, 5) is 0. The molecule has 2 N–H and O–H groups in total. The normalized spacial score (nSPS) is 47.6. The van der Waals surface area contributed by atoms with Gasteiger partial charge in [-0.05, 0) is 74.5 Å². The molecular formula is C41H66N4Zn-4. The van der Waals surface area contributed by atoms with Crippen LogP contribution in [0.5, 0.6) is 0 Å². The maximum absolute atomic E-state index is 8.89. The fraction of sp³-hybridized carbons (Fsp3) is 0.854. The minimum atomic E-state index is 0. The minimum absolute atomic E-state index is 0. The van der Waals surface area contributed by atoms with Crippen LogP contribution < -0.4 is 0 Å². The van der Waals surface area contributed by atoms with E-state index in [1.54, 1.807) is 16.7 Å². The van der Waals surface area contributed by atoms with Crippen LogP contribution in [0.4, 0.5) is 0 Å². The average Bonchev–Trinajstić information content (AvgIpc) is 3.51. The summed E-state index contributed by atoms with van der Waals surface area (Å²) >= 11 is 0. The van der Waals surface area contributed by atoms with Crippen LogP contribution in [0.15, 0.2) is 34.6 Å². The first kappa shape index (κ1) is 36.8. The van der Waals surface area contributed by atoms with Crippen molar-refractivity contribution in [3.63, 3.8) is 0 Å². The zero-order valence-electron chi connectivity index (χ0n) is 30.8. The zero-order valence-corrected chi connectivity index (χ0v) is 33.7. The Hall–Kier alpha value is -0.477.